The molecule has 0 unspecified atom stereocenters. The molecular formula is C9H11BrN2O. The first-order valence-corrected chi connectivity index (χ1v) is 4.72. The van der Waals surface area contributed by atoms with Crippen molar-refractivity contribution >= 4 is 22.0 Å². The number of hydrogen-bond acceptors (Lipinski definition) is 2. The van der Waals surface area contributed by atoms with E-state index in [1.807, 2.05) is 13.1 Å². The van der Waals surface area contributed by atoms with Gasteiger partial charge in [0.2, 0.25) is 0 Å². The van der Waals surface area contributed by atoms with Crippen LogP contribution in [0, 0.1) is 0 Å². The van der Waals surface area contributed by atoms with E-state index in [1.165, 1.54) is 0 Å². The number of likely N-dealkylation sites (N-methyl/N-ethyl adjacent to an activating group) is 1. The van der Waals surface area contributed by atoms with Crippen molar-refractivity contribution in [2.24, 2.45) is 0 Å². The molecule has 0 fully saturated rings. The van der Waals surface area contributed by atoms with Crippen LogP contribution in [0.25, 0.3) is 6.08 Å². The first-order valence-electron chi connectivity index (χ1n) is 3.93. The molecule has 4 heteroatoms. The van der Waals surface area contributed by atoms with Crippen molar-refractivity contribution in [2.45, 2.75) is 0 Å². The van der Waals surface area contributed by atoms with Gasteiger partial charge in [-0.2, -0.15) is 0 Å². The van der Waals surface area contributed by atoms with Gasteiger partial charge < -0.3 is 10.3 Å². The Morgan fingerprint density at radius 3 is 3.15 bits per heavy atom. The zero-order valence-electron chi connectivity index (χ0n) is 7.30. The van der Waals surface area contributed by atoms with Crippen LogP contribution in [0.4, 0.5) is 0 Å². The second kappa shape index (κ2) is 4.99. The average molecular weight is 243 g/mol. The zero-order valence-corrected chi connectivity index (χ0v) is 8.89. The molecule has 0 saturated carbocycles. The van der Waals surface area contributed by atoms with Crippen LogP contribution in [0.3, 0.4) is 0 Å². The fraction of sp³-hybridized carbons (Fsp3) is 0.222. The molecule has 1 aromatic rings. The number of aromatic nitrogens is 1. The van der Waals surface area contributed by atoms with E-state index in [4.69, 9.17) is 0 Å². The lowest BCUT2D eigenvalue weighted by atomic mass is 10.2. The van der Waals surface area contributed by atoms with E-state index in [9.17, 15) is 4.79 Å². The van der Waals surface area contributed by atoms with Gasteiger partial charge in [-0.3, -0.25) is 4.79 Å². The van der Waals surface area contributed by atoms with Gasteiger partial charge in [-0.15, -0.1) is 0 Å². The number of aromatic amines is 1. The molecule has 0 bridgehead atoms. The summed E-state index contributed by atoms with van der Waals surface area (Å²) in [6, 6.07) is 1.78. The van der Waals surface area contributed by atoms with Gasteiger partial charge in [0.05, 0.1) is 0 Å². The van der Waals surface area contributed by atoms with E-state index in [2.05, 4.69) is 26.2 Å². The van der Waals surface area contributed by atoms with Crippen LogP contribution >= 0.6 is 15.9 Å². The molecule has 1 rings (SSSR count). The predicted octanol–water partition coefficient (Wildman–Crippen LogP) is 1.37. The maximum absolute atomic E-state index is 11.2. The highest BCUT2D eigenvalue weighted by Crippen LogP contribution is 2.07. The molecule has 0 aromatic carbocycles. The van der Waals surface area contributed by atoms with Gasteiger partial charge in [-0.05, 0) is 29.0 Å². The fourth-order valence-electron chi connectivity index (χ4n) is 0.901. The molecule has 70 valence electrons. The Hall–Kier alpha value is -0.870. The summed E-state index contributed by atoms with van der Waals surface area (Å²) in [5.74, 6) is 0. The van der Waals surface area contributed by atoms with E-state index in [0.29, 0.717) is 5.56 Å². The van der Waals surface area contributed by atoms with Gasteiger partial charge in [-0.1, -0.05) is 12.2 Å². The van der Waals surface area contributed by atoms with Crippen LogP contribution in [0.15, 0.2) is 27.6 Å². The lowest BCUT2D eigenvalue weighted by Crippen LogP contribution is -2.09. The summed E-state index contributed by atoms with van der Waals surface area (Å²) in [5.41, 5.74) is 0.583. The van der Waals surface area contributed by atoms with Crippen LogP contribution < -0.4 is 10.9 Å². The van der Waals surface area contributed by atoms with E-state index in [1.54, 1.807) is 18.3 Å². The third kappa shape index (κ3) is 3.16. The SMILES string of the molecule is CNCC=Cc1cc(Br)c[nH]c1=O. The normalized spacial score (nSPS) is 10.9. The van der Waals surface area contributed by atoms with Gasteiger partial charge in [0.1, 0.15) is 0 Å². The van der Waals surface area contributed by atoms with Crippen molar-refractivity contribution < 1.29 is 0 Å². The lowest BCUT2D eigenvalue weighted by molar-refractivity contribution is 0.922. The molecule has 0 radical (unpaired) electrons. The van der Waals surface area contributed by atoms with Gasteiger partial charge in [0.25, 0.3) is 5.56 Å². The number of H-pyrrole nitrogens is 1. The first-order chi connectivity index (χ1) is 6.24. The summed E-state index contributed by atoms with van der Waals surface area (Å²) in [5, 5.41) is 2.96. The molecule has 0 aliphatic carbocycles. The maximum Gasteiger partial charge on any atom is 0.255 e. The minimum absolute atomic E-state index is 0.0736. The number of pyridine rings is 1. The molecule has 3 nitrogen and oxygen atoms in total. The molecule has 0 spiro atoms. The van der Waals surface area contributed by atoms with Gasteiger partial charge in [-0.25, -0.2) is 0 Å². The van der Waals surface area contributed by atoms with Crippen LogP contribution in [0.2, 0.25) is 0 Å². The van der Waals surface area contributed by atoms with Crippen molar-refractivity contribution in [2.75, 3.05) is 13.6 Å². The van der Waals surface area contributed by atoms with E-state index >= 15 is 0 Å². The molecule has 1 aromatic heterocycles. The topological polar surface area (TPSA) is 44.9 Å². The summed E-state index contributed by atoms with van der Waals surface area (Å²) in [7, 11) is 1.86. The molecule has 0 atom stereocenters. The van der Waals surface area contributed by atoms with Crippen molar-refractivity contribution in [3.63, 3.8) is 0 Å². The molecule has 1 heterocycles. The second-order valence-electron chi connectivity index (χ2n) is 2.56. The maximum atomic E-state index is 11.2. The van der Waals surface area contributed by atoms with Crippen molar-refractivity contribution in [1.82, 2.24) is 10.3 Å². The molecule has 0 amide bonds. The molecule has 13 heavy (non-hydrogen) atoms. The van der Waals surface area contributed by atoms with Crippen LogP contribution in [-0.2, 0) is 0 Å². The fourth-order valence-corrected chi connectivity index (χ4v) is 1.26. The van der Waals surface area contributed by atoms with Gasteiger partial charge in [0, 0.05) is 22.8 Å². The van der Waals surface area contributed by atoms with Crippen LogP contribution in [-0.4, -0.2) is 18.6 Å². The minimum Gasteiger partial charge on any atom is -0.327 e. The second-order valence-corrected chi connectivity index (χ2v) is 3.48. The summed E-state index contributed by atoms with van der Waals surface area (Å²) >= 11 is 3.29. The third-order valence-corrected chi connectivity index (χ3v) is 1.97. The molecule has 0 saturated heterocycles. The summed E-state index contributed by atoms with van der Waals surface area (Å²) in [6.45, 7) is 0.756. The minimum atomic E-state index is -0.0736. The molecular weight excluding hydrogens is 232 g/mol. The monoisotopic (exact) mass is 242 g/mol. The number of halogens is 1. The average Bonchev–Trinajstić information content (AvgIpc) is 2.11. The molecule has 0 aliphatic rings. The summed E-state index contributed by atoms with van der Waals surface area (Å²) < 4.78 is 0.871. The van der Waals surface area contributed by atoms with Crippen molar-refractivity contribution in [1.29, 1.82) is 0 Å². The highest BCUT2D eigenvalue weighted by Gasteiger charge is 1.94. The number of hydrogen-bond donors (Lipinski definition) is 2. The Balaban J connectivity index is 2.87. The van der Waals surface area contributed by atoms with Crippen LogP contribution in [0.5, 0.6) is 0 Å². The van der Waals surface area contributed by atoms with Gasteiger partial charge in [0.15, 0.2) is 0 Å². The number of nitrogens with one attached hydrogen (secondary N) is 2. The standard InChI is InChI=1S/C9H11BrN2O/c1-11-4-2-3-7-5-8(10)6-12-9(7)13/h2-3,5-6,11H,4H2,1H3,(H,12,13). The Morgan fingerprint density at radius 1 is 1.69 bits per heavy atom. The van der Waals surface area contributed by atoms with Gasteiger partial charge >= 0.3 is 0 Å². The van der Waals surface area contributed by atoms with E-state index in [0.717, 1.165) is 11.0 Å². The highest BCUT2D eigenvalue weighted by atomic mass is 79.9. The van der Waals surface area contributed by atoms with E-state index in [-0.39, 0.29) is 5.56 Å². The quantitative estimate of drug-likeness (QED) is 0.842. The largest absolute Gasteiger partial charge is 0.327 e. The van der Waals surface area contributed by atoms with Crippen molar-refractivity contribution in [3.05, 3.63) is 38.7 Å². The van der Waals surface area contributed by atoms with Crippen LogP contribution in [0.1, 0.15) is 5.56 Å². The Bertz CT molecular complexity index is 357. The molecule has 0 aliphatic heterocycles. The molecule has 2 N–H and O–H groups in total. The third-order valence-electron chi connectivity index (χ3n) is 1.52. The summed E-state index contributed by atoms with van der Waals surface area (Å²) in [4.78, 5) is 13.8. The Kier molecular flexibility index (Phi) is 3.92. The highest BCUT2D eigenvalue weighted by molar-refractivity contribution is 9.10. The first kappa shape index (κ1) is 10.2. The Morgan fingerprint density at radius 2 is 2.46 bits per heavy atom. The lowest BCUT2D eigenvalue weighted by Gasteiger charge is -1.93. The summed E-state index contributed by atoms with van der Waals surface area (Å²) in [6.07, 6.45) is 5.31. The predicted molar refractivity (Wildman–Crippen MR) is 57.7 cm³/mol. The van der Waals surface area contributed by atoms with Crippen molar-refractivity contribution in [3.8, 4) is 0 Å². The zero-order chi connectivity index (χ0) is 9.68. The number of rotatable bonds is 3. The smallest absolute Gasteiger partial charge is 0.255 e. The Labute approximate surface area is 85.0 Å². The van der Waals surface area contributed by atoms with E-state index < -0.39 is 0 Å².